The van der Waals surface area contributed by atoms with Crippen LogP contribution in [0.3, 0.4) is 0 Å². The molecular weight excluding hydrogens is 238 g/mol. The number of carbonyl (C=O) groups is 2. The molecule has 18 heavy (non-hydrogen) atoms. The predicted molar refractivity (Wildman–Crippen MR) is 64.7 cm³/mol. The van der Waals surface area contributed by atoms with Crippen molar-refractivity contribution in [2.24, 2.45) is 5.73 Å². The minimum atomic E-state index is -1.14. The fourth-order valence-corrected chi connectivity index (χ4v) is 1.20. The summed E-state index contributed by atoms with van der Waals surface area (Å²) in [5.41, 5.74) is 10.7. The molecule has 0 heterocycles. The van der Waals surface area contributed by atoms with E-state index < -0.39 is 12.0 Å². The zero-order valence-corrected chi connectivity index (χ0v) is 9.59. The Balaban J connectivity index is 2.31. The van der Waals surface area contributed by atoms with Gasteiger partial charge in [0.05, 0.1) is 5.69 Å². The molecule has 1 aromatic rings. The number of carbonyl (C=O) groups excluding carboxylic acids is 1. The van der Waals surface area contributed by atoms with Gasteiger partial charge in [-0.1, -0.05) is 6.07 Å². The SMILES string of the molecule is N[C@@H](CCC(=O)NNc1cccc(O)c1)C(=O)O. The van der Waals surface area contributed by atoms with Crippen LogP contribution in [0.1, 0.15) is 12.8 Å². The number of anilines is 1. The monoisotopic (exact) mass is 253 g/mol. The lowest BCUT2D eigenvalue weighted by molar-refractivity contribution is -0.138. The summed E-state index contributed by atoms with van der Waals surface area (Å²) in [6, 6.07) is 5.16. The van der Waals surface area contributed by atoms with E-state index in [1.54, 1.807) is 12.1 Å². The summed E-state index contributed by atoms with van der Waals surface area (Å²) in [4.78, 5) is 21.8. The Morgan fingerprint density at radius 1 is 1.39 bits per heavy atom. The molecule has 7 nitrogen and oxygen atoms in total. The molecule has 0 radical (unpaired) electrons. The number of nitrogens with one attached hydrogen (secondary N) is 2. The van der Waals surface area contributed by atoms with E-state index in [-0.39, 0.29) is 24.5 Å². The van der Waals surface area contributed by atoms with Crippen molar-refractivity contribution in [1.82, 2.24) is 5.43 Å². The second-order valence-corrected chi connectivity index (χ2v) is 3.71. The maximum atomic E-state index is 11.3. The van der Waals surface area contributed by atoms with Crippen molar-refractivity contribution in [2.45, 2.75) is 18.9 Å². The third kappa shape index (κ3) is 4.71. The van der Waals surface area contributed by atoms with Crippen molar-refractivity contribution in [3.05, 3.63) is 24.3 Å². The smallest absolute Gasteiger partial charge is 0.320 e. The van der Waals surface area contributed by atoms with Crippen molar-refractivity contribution in [1.29, 1.82) is 0 Å². The largest absolute Gasteiger partial charge is 0.508 e. The van der Waals surface area contributed by atoms with Gasteiger partial charge in [-0.15, -0.1) is 0 Å². The van der Waals surface area contributed by atoms with E-state index in [1.807, 2.05) is 0 Å². The lowest BCUT2D eigenvalue weighted by Gasteiger charge is -2.09. The van der Waals surface area contributed by atoms with Gasteiger partial charge in [0.15, 0.2) is 0 Å². The van der Waals surface area contributed by atoms with Crippen LogP contribution >= 0.6 is 0 Å². The van der Waals surface area contributed by atoms with Crippen molar-refractivity contribution in [2.75, 3.05) is 5.43 Å². The number of hydrogen-bond donors (Lipinski definition) is 5. The summed E-state index contributed by atoms with van der Waals surface area (Å²) < 4.78 is 0. The Hall–Kier alpha value is -2.28. The molecule has 1 aromatic carbocycles. The molecule has 0 spiro atoms. The molecule has 7 heteroatoms. The molecule has 1 atom stereocenters. The highest BCUT2D eigenvalue weighted by molar-refractivity contribution is 5.79. The lowest BCUT2D eigenvalue weighted by atomic mass is 10.2. The molecule has 0 aromatic heterocycles. The van der Waals surface area contributed by atoms with Crippen LogP contribution in [-0.4, -0.2) is 28.1 Å². The highest BCUT2D eigenvalue weighted by Crippen LogP contribution is 2.14. The highest BCUT2D eigenvalue weighted by Gasteiger charge is 2.13. The number of carboxylic acids is 1. The number of hydrogen-bond acceptors (Lipinski definition) is 5. The van der Waals surface area contributed by atoms with Gasteiger partial charge in [-0.3, -0.25) is 20.4 Å². The van der Waals surface area contributed by atoms with Crippen molar-refractivity contribution >= 4 is 17.6 Å². The summed E-state index contributed by atoms with van der Waals surface area (Å²) in [6.07, 6.45) is 0.0577. The first-order valence-electron chi connectivity index (χ1n) is 5.31. The van der Waals surface area contributed by atoms with Crippen LogP contribution in [0.15, 0.2) is 24.3 Å². The summed E-state index contributed by atoms with van der Waals surface area (Å²) in [7, 11) is 0. The number of aromatic hydroxyl groups is 1. The average molecular weight is 253 g/mol. The quantitative estimate of drug-likeness (QED) is 0.455. The molecule has 6 N–H and O–H groups in total. The second kappa shape index (κ2) is 6.45. The number of phenols is 1. The standard InChI is InChI=1S/C11H15N3O4/c12-9(11(17)18)4-5-10(16)14-13-7-2-1-3-8(15)6-7/h1-3,6,9,13,15H,4-5,12H2,(H,14,16)(H,17,18)/t9-/m0/s1. The van der Waals surface area contributed by atoms with Crippen molar-refractivity contribution in [3.8, 4) is 5.75 Å². The molecule has 1 rings (SSSR count). The van der Waals surface area contributed by atoms with Gasteiger partial charge >= 0.3 is 5.97 Å². The maximum absolute atomic E-state index is 11.3. The first-order chi connectivity index (χ1) is 8.49. The van der Waals surface area contributed by atoms with Crippen LogP contribution in [0.4, 0.5) is 5.69 Å². The zero-order chi connectivity index (χ0) is 13.5. The Labute approximate surface area is 104 Å². The van der Waals surface area contributed by atoms with Crippen molar-refractivity contribution < 1.29 is 19.8 Å². The third-order valence-electron chi connectivity index (χ3n) is 2.19. The van der Waals surface area contributed by atoms with Crippen LogP contribution < -0.4 is 16.6 Å². The number of amides is 1. The third-order valence-corrected chi connectivity index (χ3v) is 2.19. The van der Waals surface area contributed by atoms with Gasteiger partial charge in [0.1, 0.15) is 11.8 Å². The first-order valence-corrected chi connectivity index (χ1v) is 5.31. The first kappa shape index (κ1) is 13.8. The zero-order valence-electron chi connectivity index (χ0n) is 9.59. The number of phenolic OH excluding ortho intramolecular Hbond substituents is 1. The van der Waals surface area contributed by atoms with Gasteiger partial charge in [-0.25, -0.2) is 0 Å². The van der Waals surface area contributed by atoms with E-state index in [4.69, 9.17) is 10.8 Å². The second-order valence-electron chi connectivity index (χ2n) is 3.71. The molecule has 1 amide bonds. The fourth-order valence-electron chi connectivity index (χ4n) is 1.20. The normalized spacial score (nSPS) is 11.6. The minimum absolute atomic E-state index is 0.000712. The number of rotatable bonds is 6. The number of benzene rings is 1. The van der Waals surface area contributed by atoms with E-state index in [0.717, 1.165) is 0 Å². The van der Waals surface area contributed by atoms with E-state index in [1.165, 1.54) is 12.1 Å². The Kier molecular flexibility index (Phi) is 4.94. The average Bonchev–Trinajstić information content (AvgIpc) is 2.33. The van der Waals surface area contributed by atoms with Gasteiger partial charge in [0.2, 0.25) is 5.91 Å². The molecule has 0 saturated heterocycles. The van der Waals surface area contributed by atoms with E-state index in [0.29, 0.717) is 5.69 Å². The molecular formula is C11H15N3O4. The van der Waals surface area contributed by atoms with Gasteiger partial charge in [-0.2, -0.15) is 0 Å². The van der Waals surface area contributed by atoms with E-state index in [2.05, 4.69) is 10.9 Å². The fraction of sp³-hybridized carbons (Fsp3) is 0.273. The van der Waals surface area contributed by atoms with Gasteiger partial charge < -0.3 is 15.9 Å². The van der Waals surface area contributed by atoms with Gasteiger partial charge in [0.25, 0.3) is 0 Å². The topological polar surface area (TPSA) is 125 Å². The lowest BCUT2D eigenvalue weighted by Crippen LogP contribution is -2.34. The van der Waals surface area contributed by atoms with Gasteiger partial charge in [-0.05, 0) is 18.6 Å². The van der Waals surface area contributed by atoms with Crippen LogP contribution in [0.2, 0.25) is 0 Å². The van der Waals surface area contributed by atoms with Crippen LogP contribution in [0.25, 0.3) is 0 Å². The summed E-state index contributed by atoms with van der Waals surface area (Å²) in [5, 5.41) is 17.7. The predicted octanol–water partition coefficient (Wildman–Crippen LogP) is 0.0274. The molecule has 0 saturated carbocycles. The number of carboxylic acid groups (broad SMARTS) is 1. The molecule has 0 bridgehead atoms. The van der Waals surface area contributed by atoms with E-state index in [9.17, 15) is 14.7 Å². The number of hydrazine groups is 1. The molecule has 0 aliphatic heterocycles. The summed E-state index contributed by atoms with van der Waals surface area (Å²) in [5.74, 6) is -1.44. The summed E-state index contributed by atoms with van der Waals surface area (Å²) in [6.45, 7) is 0. The van der Waals surface area contributed by atoms with Crippen molar-refractivity contribution in [3.63, 3.8) is 0 Å². The minimum Gasteiger partial charge on any atom is -0.508 e. The molecule has 0 aliphatic rings. The maximum Gasteiger partial charge on any atom is 0.320 e. The van der Waals surface area contributed by atoms with Gasteiger partial charge in [0, 0.05) is 12.5 Å². The Morgan fingerprint density at radius 2 is 2.11 bits per heavy atom. The molecule has 0 unspecified atom stereocenters. The molecule has 0 aliphatic carbocycles. The number of nitrogens with two attached hydrogens (primary N) is 1. The van der Waals surface area contributed by atoms with Crippen LogP contribution in [0, 0.1) is 0 Å². The van der Waals surface area contributed by atoms with Crippen LogP contribution in [-0.2, 0) is 9.59 Å². The molecule has 0 fully saturated rings. The van der Waals surface area contributed by atoms with E-state index >= 15 is 0 Å². The number of aliphatic carboxylic acids is 1. The Morgan fingerprint density at radius 3 is 2.72 bits per heavy atom. The Bertz CT molecular complexity index is 436. The molecule has 98 valence electrons. The highest BCUT2D eigenvalue weighted by atomic mass is 16.4. The van der Waals surface area contributed by atoms with Crippen LogP contribution in [0.5, 0.6) is 5.75 Å². The summed E-state index contributed by atoms with van der Waals surface area (Å²) >= 11 is 0.